The molecular formula is C10H14ClN3O. The number of nitrogen functional groups attached to an aromatic ring is 1. The number of nitrogens with zero attached hydrogens (tertiary/aromatic N) is 2. The van der Waals surface area contributed by atoms with E-state index in [1.165, 1.54) is 12.3 Å². The molecule has 0 bridgehead atoms. The lowest BCUT2D eigenvalue weighted by molar-refractivity contribution is 0.0796. The zero-order valence-electron chi connectivity index (χ0n) is 8.83. The fourth-order valence-electron chi connectivity index (χ4n) is 1.27. The highest BCUT2D eigenvalue weighted by Gasteiger charge is 2.14. The van der Waals surface area contributed by atoms with Gasteiger partial charge < -0.3 is 10.6 Å². The first-order chi connectivity index (χ1) is 7.06. The van der Waals surface area contributed by atoms with Crippen molar-refractivity contribution in [3.63, 3.8) is 0 Å². The third-order valence-corrected chi connectivity index (χ3v) is 2.24. The number of carbonyl (C=O) groups excluding carboxylic acids is 1. The molecule has 0 unspecified atom stereocenters. The van der Waals surface area contributed by atoms with Crippen LogP contribution in [-0.4, -0.2) is 29.4 Å². The molecule has 1 heterocycles. The summed E-state index contributed by atoms with van der Waals surface area (Å²) in [6, 6.07) is 1.49. The van der Waals surface area contributed by atoms with Crippen LogP contribution in [0.25, 0.3) is 0 Å². The quantitative estimate of drug-likeness (QED) is 0.801. The number of nitrogens with two attached hydrogens (primary N) is 1. The number of halogens is 1. The normalized spacial score (nSPS) is 10.1. The molecule has 0 aliphatic heterocycles. The van der Waals surface area contributed by atoms with Crippen LogP contribution in [0.3, 0.4) is 0 Å². The number of carbonyl (C=O) groups is 1. The Morgan fingerprint density at radius 2 is 2.33 bits per heavy atom. The van der Waals surface area contributed by atoms with Gasteiger partial charge in [-0.15, -0.1) is 0 Å². The highest BCUT2D eigenvalue weighted by Crippen LogP contribution is 2.16. The lowest BCUT2D eigenvalue weighted by atomic mass is 10.2. The smallest absolute Gasteiger partial charge is 0.255 e. The van der Waals surface area contributed by atoms with E-state index in [0.717, 1.165) is 6.42 Å². The largest absolute Gasteiger partial charge is 0.397 e. The van der Waals surface area contributed by atoms with Crippen LogP contribution < -0.4 is 5.73 Å². The van der Waals surface area contributed by atoms with Gasteiger partial charge in [-0.25, -0.2) is 4.98 Å². The average molecular weight is 228 g/mol. The Morgan fingerprint density at radius 3 is 2.93 bits per heavy atom. The van der Waals surface area contributed by atoms with Crippen LogP contribution in [0.2, 0.25) is 5.15 Å². The van der Waals surface area contributed by atoms with Gasteiger partial charge in [0.15, 0.2) is 0 Å². The fraction of sp³-hybridized carbons (Fsp3) is 0.400. The number of anilines is 1. The molecule has 0 fully saturated rings. The van der Waals surface area contributed by atoms with Gasteiger partial charge in [-0.3, -0.25) is 4.79 Å². The van der Waals surface area contributed by atoms with E-state index < -0.39 is 0 Å². The Balaban J connectivity index is 2.95. The van der Waals surface area contributed by atoms with Crippen LogP contribution in [-0.2, 0) is 0 Å². The molecule has 82 valence electrons. The highest BCUT2D eigenvalue weighted by atomic mass is 35.5. The second kappa shape index (κ2) is 4.98. The van der Waals surface area contributed by atoms with Gasteiger partial charge >= 0.3 is 0 Å². The summed E-state index contributed by atoms with van der Waals surface area (Å²) in [5, 5.41) is 0.275. The summed E-state index contributed by atoms with van der Waals surface area (Å²) in [5.41, 5.74) is 6.42. The molecule has 1 amide bonds. The van der Waals surface area contributed by atoms with Crippen molar-refractivity contribution in [2.75, 3.05) is 19.3 Å². The van der Waals surface area contributed by atoms with Crippen molar-refractivity contribution in [2.24, 2.45) is 0 Å². The second-order valence-electron chi connectivity index (χ2n) is 3.32. The minimum Gasteiger partial charge on any atom is -0.397 e. The number of amides is 1. The van der Waals surface area contributed by atoms with Crippen molar-refractivity contribution in [1.82, 2.24) is 9.88 Å². The second-order valence-corrected chi connectivity index (χ2v) is 3.71. The van der Waals surface area contributed by atoms with E-state index in [1.54, 1.807) is 11.9 Å². The minimum absolute atomic E-state index is 0.126. The van der Waals surface area contributed by atoms with Crippen LogP contribution >= 0.6 is 11.6 Å². The van der Waals surface area contributed by atoms with Crippen LogP contribution in [0.1, 0.15) is 23.7 Å². The van der Waals surface area contributed by atoms with Gasteiger partial charge in [0, 0.05) is 13.6 Å². The molecule has 1 rings (SSSR count). The molecular weight excluding hydrogens is 214 g/mol. The van der Waals surface area contributed by atoms with Crippen molar-refractivity contribution in [3.8, 4) is 0 Å². The maximum atomic E-state index is 11.9. The van der Waals surface area contributed by atoms with Crippen LogP contribution in [0, 0.1) is 0 Å². The van der Waals surface area contributed by atoms with Crippen molar-refractivity contribution >= 4 is 23.2 Å². The lowest BCUT2D eigenvalue weighted by Crippen LogP contribution is -2.28. The van der Waals surface area contributed by atoms with E-state index in [0.29, 0.717) is 17.8 Å². The molecule has 0 radical (unpaired) electrons. The summed E-state index contributed by atoms with van der Waals surface area (Å²) in [6.45, 7) is 2.70. The molecule has 4 nitrogen and oxygen atoms in total. The Bertz CT molecular complexity index is 368. The minimum atomic E-state index is -0.126. The van der Waals surface area contributed by atoms with E-state index in [2.05, 4.69) is 4.98 Å². The van der Waals surface area contributed by atoms with Crippen LogP contribution in [0.15, 0.2) is 12.3 Å². The Hall–Kier alpha value is -1.29. The first kappa shape index (κ1) is 11.8. The van der Waals surface area contributed by atoms with Gasteiger partial charge in [0.05, 0.1) is 17.4 Å². The first-order valence-corrected chi connectivity index (χ1v) is 5.10. The van der Waals surface area contributed by atoms with Crippen molar-refractivity contribution in [1.29, 1.82) is 0 Å². The Kier molecular flexibility index (Phi) is 3.91. The van der Waals surface area contributed by atoms with E-state index >= 15 is 0 Å². The zero-order chi connectivity index (χ0) is 11.4. The zero-order valence-corrected chi connectivity index (χ0v) is 9.58. The van der Waals surface area contributed by atoms with Crippen molar-refractivity contribution < 1.29 is 4.79 Å². The first-order valence-electron chi connectivity index (χ1n) is 4.72. The predicted molar refractivity (Wildman–Crippen MR) is 60.9 cm³/mol. The summed E-state index contributed by atoms with van der Waals surface area (Å²) in [6.07, 6.45) is 2.30. The van der Waals surface area contributed by atoms with Crippen LogP contribution in [0.5, 0.6) is 0 Å². The molecule has 1 aromatic heterocycles. The summed E-state index contributed by atoms with van der Waals surface area (Å²) in [7, 11) is 1.74. The molecule has 1 aromatic rings. The van der Waals surface area contributed by atoms with E-state index in [4.69, 9.17) is 17.3 Å². The lowest BCUT2D eigenvalue weighted by Gasteiger charge is -2.16. The Morgan fingerprint density at radius 1 is 1.67 bits per heavy atom. The monoisotopic (exact) mass is 227 g/mol. The number of hydrogen-bond acceptors (Lipinski definition) is 3. The fourth-order valence-corrected chi connectivity index (χ4v) is 1.43. The number of aromatic nitrogens is 1. The molecule has 0 aromatic carbocycles. The summed E-state index contributed by atoms with van der Waals surface area (Å²) < 4.78 is 0. The average Bonchev–Trinajstić information content (AvgIpc) is 2.21. The molecule has 2 N–H and O–H groups in total. The topological polar surface area (TPSA) is 59.2 Å². The molecule has 0 saturated carbocycles. The highest BCUT2D eigenvalue weighted by molar-refractivity contribution is 6.29. The van der Waals surface area contributed by atoms with Crippen LogP contribution in [0.4, 0.5) is 5.69 Å². The third kappa shape index (κ3) is 2.83. The summed E-state index contributed by atoms with van der Waals surface area (Å²) >= 11 is 5.71. The van der Waals surface area contributed by atoms with E-state index in [1.807, 2.05) is 6.92 Å². The molecule has 15 heavy (non-hydrogen) atoms. The van der Waals surface area contributed by atoms with Gasteiger partial charge in [0.25, 0.3) is 5.91 Å². The third-order valence-electron chi connectivity index (χ3n) is 2.04. The Labute approximate surface area is 94.0 Å². The number of rotatable bonds is 3. The van der Waals surface area contributed by atoms with Gasteiger partial charge in [0.2, 0.25) is 0 Å². The SMILES string of the molecule is CCCN(C)C(=O)c1cc(Cl)ncc1N. The molecule has 0 spiro atoms. The molecule has 5 heteroatoms. The molecule has 0 atom stereocenters. The molecule has 0 aliphatic rings. The van der Waals surface area contributed by atoms with Crippen molar-refractivity contribution in [3.05, 3.63) is 23.0 Å². The maximum absolute atomic E-state index is 11.9. The number of hydrogen-bond donors (Lipinski definition) is 1. The number of pyridine rings is 1. The summed E-state index contributed by atoms with van der Waals surface area (Å²) in [4.78, 5) is 17.3. The van der Waals surface area contributed by atoms with Crippen molar-refractivity contribution in [2.45, 2.75) is 13.3 Å². The van der Waals surface area contributed by atoms with Gasteiger partial charge in [-0.2, -0.15) is 0 Å². The van der Waals surface area contributed by atoms with E-state index in [-0.39, 0.29) is 11.1 Å². The predicted octanol–water partition coefficient (Wildman–Crippen LogP) is 1.80. The molecule has 0 aliphatic carbocycles. The molecule has 0 saturated heterocycles. The maximum Gasteiger partial charge on any atom is 0.255 e. The van der Waals surface area contributed by atoms with Gasteiger partial charge in [-0.1, -0.05) is 18.5 Å². The van der Waals surface area contributed by atoms with E-state index in [9.17, 15) is 4.79 Å². The van der Waals surface area contributed by atoms with Gasteiger partial charge in [-0.05, 0) is 12.5 Å². The summed E-state index contributed by atoms with van der Waals surface area (Å²) in [5.74, 6) is -0.126. The van der Waals surface area contributed by atoms with Gasteiger partial charge in [0.1, 0.15) is 5.15 Å². The standard InChI is InChI=1S/C10H14ClN3O/c1-3-4-14(2)10(15)7-5-9(11)13-6-8(7)12/h5-6H,3-4,12H2,1-2H3.